The lowest BCUT2D eigenvalue weighted by atomic mass is 9.97. The smallest absolute Gasteiger partial charge is 0.308 e. The molecule has 3 heterocycles. The van der Waals surface area contributed by atoms with Gasteiger partial charge in [-0.25, -0.2) is 0 Å². The highest BCUT2D eigenvalue weighted by Crippen LogP contribution is 2.31. The van der Waals surface area contributed by atoms with E-state index in [2.05, 4.69) is 10.6 Å². The van der Waals surface area contributed by atoms with Crippen molar-refractivity contribution in [3.63, 3.8) is 0 Å². The number of hydrogen-bond donors (Lipinski definition) is 7. The lowest BCUT2D eigenvalue weighted by Gasteiger charge is -2.45. The molecule has 0 spiro atoms. The van der Waals surface area contributed by atoms with Gasteiger partial charge < -0.3 is 69.5 Å². The number of ether oxygens (including phenoxy) is 6. The van der Waals surface area contributed by atoms with Crippen LogP contribution in [0.1, 0.15) is 78.3 Å². The van der Waals surface area contributed by atoms with Crippen molar-refractivity contribution in [3.8, 4) is 5.75 Å². The number of nitrogens with one attached hydrogen (secondary N) is 2. The molecule has 7 N–H and O–H groups in total. The Balaban J connectivity index is 1.47. The van der Waals surface area contributed by atoms with Gasteiger partial charge in [0.1, 0.15) is 55.1 Å². The number of carbonyl (C=O) groups is 4. The second-order valence-electron chi connectivity index (χ2n) is 14.6. The standard InChI is InChI=1S/C38H59N3O15/c1-6-20(3)36(50)51-19-27-31(46)32(47)34(49)37(55-27)56-35-33(48)30(45)21(4)52-38(35)54-24-11-9-23(10-12-24)26-17-28(43)40-14-8-16-41(29(44)7-2)18-25(13-15-39-26)53-22(5)42/h9-12,20-21,25-27,30-35,37-39,45-49H,6-8,13-19H2,1-5H3,(H,40,43). The van der Waals surface area contributed by atoms with Gasteiger partial charge in [-0.05, 0) is 50.4 Å². The maximum absolute atomic E-state index is 13.0. The summed E-state index contributed by atoms with van der Waals surface area (Å²) in [5.74, 6) is -1.44. The molecule has 13 atom stereocenters. The number of rotatable bonds is 11. The highest BCUT2D eigenvalue weighted by atomic mass is 16.8. The van der Waals surface area contributed by atoms with E-state index in [9.17, 15) is 44.7 Å². The summed E-state index contributed by atoms with van der Waals surface area (Å²) < 4.78 is 34.3. The van der Waals surface area contributed by atoms with Gasteiger partial charge >= 0.3 is 11.9 Å². The fraction of sp³-hybridized carbons (Fsp3) is 0.737. The van der Waals surface area contributed by atoms with Crippen LogP contribution < -0.4 is 15.4 Å². The molecule has 3 saturated heterocycles. The Morgan fingerprint density at radius 2 is 1.66 bits per heavy atom. The van der Waals surface area contributed by atoms with Crippen molar-refractivity contribution in [1.82, 2.24) is 15.5 Å². The lowest BCUT2D eigenvalue weighted by molar-refractivity contribution is -0.355. The van der Waals surface area contributed by atoms with Crippen LogP contribution in [-0.4, -0.2) is 154 Å². The first-order chi connectivity index (χ1) is 26.6. The van der Waals surface area contributed by atoms with Crippen molar-refractivity contribution < 1.29 is 73.1 Å². The van der Waals surface area contributed by atoms with Crippen LogP contribution in [0.2, 0.25) is 0 Å². The molecule has 2 amide bonds. The van der Waals surface area contributed by atoms with E-state index in [0.29, 0.717) is 45.3 Å². The zero-order valence-corrected chi connectivity index (χ0v) is 32.7. The Kier molecular flexibility index (Phi) is 17.2. The number of nitrogens with zero attached hydrogens (tertiary/aromatic N) is 1. The first-order valence-corrected chi connectivity index (χ1v) is 19.4. The van der Waals surface area contributed by atoms with Crippen molar-refractivity contribution in [2.24, 2.45) is 5.92 Å². The molecular formula is C38H59N3O15. The molecule has 0 aliphatic carbocycles. The van der Waals surface area contributed by atoms with Crippen molar-refractivity contribution in [3.05, 3.63) is 29.8 Å². The molecule has 18 heteroatoms. The summed E-state index contributed by atoms with van der Waals surface area (Å²) in [6.07, 6.45) is -13.8. The van der Waals surface area contributed by atoms with Gasteiger partial charge in [-0.15, -0.1) is 0 Å². The molecule has 0 saturated carbocycles. The summed E-state index contributed by atoms with van der Waals surface area (Å²) in [5.41, 5.74) is 0.724. The van der Waals surface area contributed by atoms with Crippen molar-refractivity contribution in [2.75, 3.05) is 32.8 Å². The number of carbonyl (C=O) groups excluding carboxylic acids is 4. The van der Waals surface area contributed by atoms with E-state index in [1.165, 1.54) is 13.8 Å². The summed E-state index contributed by atoms with van der Waals surface area (Å²) in [6, 6.07) is 6.23. The zero-order valence-electron chi connectivity index (χ0n) is 32.7. The van der Waals surface area contributed by atoms with Gasteiger partial charge in [0.05, 0.1) is 18.6 Å². The number of esters is 2. The molecule has 3 aliphatic heterocycles. The van der Waals surface area contributed by atoms with Crippen molar-refractivity contribution >= 4 is 23.8 Å². The molecule has 56 heavy (non-hydrogen) atoms. The fourth-order valence-electron chi connectivity index (χ4n) is 6.64. The van der Waals surface area contributed by atoms with Crippen LogP contribution in [-0.2, 0) is 42.9 Å². The van der Waals surface area contributed by atoms with Crippen LogP contribution >= 0.6 is 0 Å². The van der Waals surface area contributed by atoms with Crippen LogP contribution in [0.5, 0.6) is 5.75 Å². The molecule has 1 aromatic carbocycles. The second kappa shape index (κ2) is 21.3. The molecular weight excluding hydrogens is 738 g/mol. The average molecular weight is 798 g/mol. The van der Waals surface area contributed by atoms with Gasteiger partial charge in [-0.2, -0.15) is 0 Å². The predicted octanol–water partition coefficient (Wildman–Crippen LogP) is -0.585. The van der Waals surface area contributed by atoms with E-state index < -0.39 is 98.0 Å². The van der Waals surface area contributed by atoms with E-state index in [-0.39, 0.29) is 30.5 Å². The van der Waals surface area contributed by atoms with Gasteiger partial charge in [0.25, 0.3) is 0 Å². The second-order valence-corrected chi connectivity index (χ2v) is 14.6. The van der Waals surface area contributed by atoms with E-state index in [1.54, 1.807) is 49.9 Å². The summed E-state index contributed by atoms with van der Waals surface area (Å²) in [5, 5.41) is 59.9. The largest absolute Gasteiger partial charge is 0.463 e. The monoisotopic (exact) mass is 797 g/mol. The Labute approximate surface area is 326 Å². The van der Waals surface area contributed by atoms with Crippen molar-refractivity contribution in [1.29, 1.82) is 0 Å². The Morgan fingerprint density at radius 1 is 0.946 bits per heavy atom. The van der Waals surface area contributed by atoms with Crippen LogP contribution in [0, 0.1) is 5.92 Å². The Morgan fingerprint density at radius 3 is 2.32 bits per heavy atom. The number of aliphatic hydroxyl groups is 5. The molecule has 3 fully saturated rings. The van der Waals surface area contributed by atoms with Crippen LogP contribution in [0.3, 0.4) is 0 Å². The predicted molar refractivity (Wildman–Crippen MR) is 195 cm³/mol. The Hall–Kier alpha value is -3.46. The normalized spacial score (nSPS) is 34.1. The number of hydrogen-bond acceptors (Lipinski definition) is 16. The number of amides is 2. The summed E-state index contributed by atoms with van der Waals surface area (Å²) in [4.78, 5) is 51.4. The van der Waals surface area contributed by atoms with E-state index >= 15 is 0 Å². The van der Waals surface area contributed by atoms with Crippen molar-refractivity contribution in [2.45, 2.75) is 140 Å². The van der Waals surface area contributed by atoms with Gasteiger partial charge in [0.2, 0.25) is 18.1 Å². The number of benzene rings is 1. The molecule has 0 radical (unpaired) electrons. The highest BCUT2D eigenvalue weighted by Gasteiger charge is 2.51. The highest BCUT2D eigenvalue weighted by molar-refractivity contribution is 5.77. The maximum atomic E-state index is 13.0. The summed E-state index contributed by atoms with van der Waals surface area (Å²) in [6.45, 7) is 8.98. The van der Waals surface area contributed by atoms with Crippen LogP contribution in [0.25, 0.3) is 0 Å². The molecule has 4 rings (SSSR count). The van der Waals surface area contributed by atoms with Gasteiger partial charge in [0, 0.05) is 38.9 Å². The molecule has 3 aliphatic rings. The van der Waals surface area contributed by atoms with Gasteiger partial charge in [0.15, 0.2) is 12.4 Å². The van der Waals surface area contributed by atoms with Gasteiger partial charge in [-0.1, -0.05) is 32.9 Å². The molecule has 1 aromatic rings. The van der Waals surface area contributed by atoms with E-state index in [4.69, 9.17) is 28.4 Å². The van der Waals surface area contributed by atoms with Crippen LogP contribution in [0.15, 0.2) is 24.3 Å². The van der Waals surface area contributed by atoms with E-state index in [1.807, 2.05) is 0 Å². The molecule has 316 valence electrons. The first kappa shape index (κ1) is 45.2. The molecule has 0 aromatic heterocycles. The van der Waals surface area contributed by atoms with E-state index in [0.717, 1.165) is 5.56 Å². The third-order valence-electron chi connectivity index (χ3n) is 10.3. The molecule has 13 unspecified atom stereocenters. The minimum atomic E-state index is -1.81. The fourth-order valence-corrected chi connectivity index (χ4v) is 6.64. The third kappa shape index (κ3) is 12.3. The number of aliphatic hydroxyl groups excluding tert-OH is 5. The van der Waals surface area contributed by atoms with Gasteiger partial charge in [-0.3, -0.25) is 19.2 Å². The topological polar surface area (TPSA) is 252 Å². The lowest BCUT2D eigenvalue weighted by Crippen LogP contribution is -2.64. The zero-order chi connectivity index (χ0) is 41.1. The maximum Gasteiger partial charge on any atom is 0.308 e. The molecule has 18 nitrogen and oxygen atoms in total. The minimum Gasteiger partial charge on any atom is -0.463 e. The SMILES string of the molecule is CCC(=O)N1CCCNC(=O)CC(c2ccc(OC3OC(C)C(O)C(O)C3OC3OC(COC(=O)C(C)CC)C(O)C(O)C3O)cc2)NCCC(OC(C)=O)C1. The summed E-state index contributed by atoms with van der Waals surface area (Å²) >= 11 is 0. The minimum absolute atomic E-state index is 0.0722. The quantitative estimate of drug-likeness (QED) is 0.138. The summed E-state index contributed by atoms with van der Waals surface area (Å²) in [7, 11) is 0. The van der Waals surface area contributed by atoms with Crippen LogP contribution in [0.4, 0.5) is 0 Å². The molecule has 0 bridgehead atoms. The third-order valence-corrected chi connectivity index (χ3v) is 10.3. The average Bonchev–Trinajstić information content (AvgIpc) is 3.19. The first-order valence-electron chi connectivity index (χ1n) is 19.4. The Bertz CT molecular complexity index is 1440.